The molecular weight excluding hydrogens is 372 g/mol. The van der Waals surface area contributed by atoms with Gasteiger partial charge in [0.15, 0.2) is 11.0 Å². The predicted molar refractivity (Wildman–Crippen MR) is 111 cm³/mol. The molecule has 2 atom stereocenters. The van der Waals surface area contributed by atoms with Crippen molar-refractivity contribution in [3.63, 3.8) is 0 Å². The molecule has 0 aromatic carbocycles. The van der Waals surface area contributed by atoms with Gasteiger partial charge in [-0.15, -0.1) is 0 Å². The number of thioether (sulfide) groups is 1. The molecule has 1 aliphatic carbocycles. The molecule has 2 aromatic heterocycles. The Morgan fingerprint density at radius 2 is 1.86 bits per heavy atom. The molecule has 7 heteroatoms. The minimum Gasteiger partial charge on any atom is -0.301 e. The number of ketones is 1. The topological polar surface area (TPSA) is 88.1 Å². The minimum atomic E-state index is -0.408. The number of pyridine rings is 1. The first-order valence-corrected chi connectivity index (χ1v) is 10.4. The maximum Gasteiger partial charge on any atom is 0.257 e. The summed E-state index contributed by atoms with van der Waals surface area (Å²) in [5.74, 6) is -0.189. The molecule has 28 heavy (non-hydrogen) atoms. The van der Waals surface area contributed by atoms with Gasteiger partial charge in [0.05, 0.1) is 11.5 Å². The van der Waals surface area contributed by atoms with Gasteiger partial charge in [0.1, 0.15) is 5.78 Å². The third kappa shape index (κ3) is 3.43. The Balaban J connectivity index is 1.93. The largest absolute Gasteiger partial charge is 0.301 e. The summed E-state index contributed by atoms with van der Waals surface area (Å²) in [6.07, 6.45) is 4.61. The van der Waals surface area contributed by atoms with E-state index in [1.54, 1.807) is 12.4 Å². The Kier molecular flexibility index (Phi) is 4.73. The monoisotopic (exact) mass is 396 g/mol. The summed E-state index contributed by atoms with van der Waals surface area (Å²) in [5.41, 5.74) is 1.88. The van der Waals surface area contributed by atoms with Crippen LogP contribution >= 0.6 is 11.8 Å². The normalized spacial score (nSPS) is 23.2. The van der Waals surface area contributed by atoms with E-state index in [0.717, 1.165) is 17.7 Å². The van der Waals surface area contributed by atoms with Crippen molar-refractivity contribution < 1.29 is 4.79 Å². The van der Waals surface area contributed by atoms with Crippen LogP contribution in [0.15, 0.2) is 39.5 Å². The van der Waals surface area contributed by atoms with Gasteiger partial charge in [-0.25, -0.2) is 9.98 Å². The van der Waals surface area contributed by atoms with Crippen molar-refractivity contribution in [1.82, 2.24) is 15.0 Å². The molecule has 146 valence electrons. The highest BCUT2D eigenvalue weighted by atomic mass is 32.2. The number of rotatable bonds is 3. The zero-order valence-electron chi connectivity index (χ0n) is 16.5. The molecule has 6 nitrogen and oxygen atoms in total. The van der Waals surface area contributed by atoms with Gasteiger partial charge in [0.2, 0.25) is 0 Å². The fraction of sp³-hybridized carbons (Fsp3) is 0.476. The number of carbonyl (C=O) groups is 1. The van der Waals surface area contributed by atoms with E-state index in [-0.39, 0.29) is 27.9 Å². The summed E-state index contributed by atoms with van der Waals surface area (Å²) < 4.78 is 0. The van der Waals surface area contributed by atoms with Gasteiger partial charge < -0.3 is 4.98 Å². The van der Waals surface area contributed by atoms with E-state index in [4.69, 9.17) is 4.99 Å². The number of carbonyl (C=O) groups excluding carboxylic acids is 1. The Morgan fingerprint density at radius 3 is 2.54 bits per heavy atom. The number of H-pyrrole nitrogens is 1. The molecule has 4 rings (SSSR count). The lowest BCUT2D eigenvalue weighted by molar-refractivity contribution is -0.124. The van der Waals surface area contributed by atoms with Crippen LogP contribution in [0.25, 0.3) is 0 Å². The molecule has 2 unspecified atom stereocenters. The van der Waals surface area contributed by atoms with Gasteiger partial charge in [-0.3, -0.25) is 14.6 Å². The molecule has 0 amide bonds. The number of fused-ring (bicyclic) bond motifs is 2. The number of hydrogen-bond acceptors (Lipinski definition) is 6. The van der Waals surface area contributed by atoms with E-state index in [9.17, 15) is 9.59 Å². The summed E-state index contributed by atoms with van der Waals surface area (Å²) in [7, 11) is 0. The number of aliphatic imine (C=N–C) groups is 1. The maximum atomic E-state index is 13.1. The second-order valence-electron chi connectivity index (χ2n) is 8.60. The number of hydrogen-bond donors (Lipinski definition) is 1. The number of Topliss-reactive ketones (excluding diaryl/α,β-unsaturated/α-hetero) is 1. The van der Waals surface area contributed by atoms with E-state index in [0.29, 0.717) is 23.0 Å². The highest BCUT2D eigenvalue weighted by Crippen LogP contribution is 2.47. The van der Waals surface area contributed by atoms with Gasteiger partial charge in [-0.05, 0) is 29.5 Å². The molecule has 2 aromatic rings. The Morgan fingerprint density at radius 1 is 1.14 bits per heavy atom. The predicted octanol–water partition coefficient (Wildman–Crippen LogP) is 3.89. The first-order valence-electron chi connectivity index (χ1n) is 9.56. The minimum absolute atomic E-state index is 0.135. The number of aromatic nitrogens is 3. The van der Waals surface area contributed by atoms with Crippen LogP contribution in [0.3, 0.4) is 0 Å². The van der Waals surface area contributed by atoms with Crippen LogP contribution < -0.4 is 5.56 Å². The quantitative estimate of drug-likeness (QED) is 0.628. The molecule has 1 N–H and O–H groups in total. The van der Waals surface area contributed by atoms with Gasteiger partial charge in [-0.1, -0.05) is 39.5 Å². The first-order chi connectivity index (χ1) is 13.2. The summed E-state index contributed by atoms with van der Waals surface area (Å²) in [6, 6.07) is 3.75. The van der Waals surface area contributed by atoms with Crippen molar-refractivity contribution in [2.24, 2.45) is 16.3 Å². The van der Waals surface area contributed by atoms with Crippen LogP contribution in [-0.4, -0.2) is 31.7 Å². The lowest BCUT2D eigenvalue weighted by Crippen LogP contribution is -2.44. The number of nitrogens with zero attached hydrogens (tertiary/aromatic N) is 3. The van der Waals surface area contributed by atoms with Crippen molar-refractivity contribution in [2.45, 2.75) is 56.9 Å². The van der Waals surface area contributed by atoms with Crippen molar-refractivity contribution in [2.75, 3.05) is 0 Å². The molecule has 1 aliphatic heterocycles. The Labute approximate surface area is 168 Å². The molecule has 0 radical (unpaired) electrons. The van der Waals surface area contributed by atoms with Gasteiger partial charge >= 0.3 is 0 Å². The van der Waals surface area contributed by atoms with Gasteiger partial charge in [-0.2, -0.15) is 0 Å². The second-order valence-corrected chi connectivity index (χ2v) is 10.2. The lowest BCUT2D eigenvalue weighted by atomic mass is 9.64. The number of nitrogens with one attached hydrogen (secondary N) is 1. The van der Waals surface area contributed by atoms with E-state index < -0.39 is 5.92 Å². The molecule has 0 saturated heterocycles. The van der Waals surface area contributed by atoms with Crippen LogP contribution in [-0.2, 0) is 4.79 Å². The van der Waals surface area contributed by atoms with Crippen LogP contribution in [0.2, 0.25) is 0 Å². The summed E-state index contributed by atoms with van der Waals surface area (Å²) in [4.78, 5) is 42.6. The summed E-state index contributed by atoms with van der Waals surface area (Å²) in [6.45, 7) is 8.28. The SMILES string of the molecule is CC(C)Sc1nc2c(c(=O)[nH]1)C(c1ccncc1)C1C(=O)CC(C)(C)CC1=N2. The fourth-order valence-electron chi connectivity index (χ4n) is 4.25. The van der Waals surface area contributed by atoms with E-state index in [1.165, 1.54) is 11.8 Å². The maximum absolute atomic E-state index is 13.1. The molecule has 3 heterocycles. The van der Waals surface area contributed by atoms with Crippen molar-refractivity contribution >= 4 is 29.1 Å². The highest BCUT2D eigenvalue weighted by molar-refractivity contribution is 7.99. The molecule has 0 spiro atoms. The average molecular weight is 397 g/mol. The van der Waals surface area contributed by atoms with Gasteiger partial charge in [0, 0.05) is 35.7 Å². The molecule has 1 saturated carbocycles. The molecule has 1 fully saturated rings. The average Bonchev–Trinajstić information content (AvgIpc) is 2.59. The second kappa shape index (κ2) is 6.95. The summed E-state index contributed by atoms with van der Waals surface area (Å²) >= 11 is 1.50. The smallest absolute Gasteiger partial charge is 0.257 e. The van der Waals surface area contributed by atoms with Crippen LogP contribution in [0, 0.1) is 11.3 Å². The zero-order chi connectivity index (χ0) is 20.1. The van der Waals surface area contributed by atoms with Crippen molar-refractivity contribution in [3.05, 3.63) is 46.0 Å². The van der Waals surface area contributed by atoms with E-state index in [1.807, 2.05) is 26.0 Å². The zero-order valence-corrected chi connectivity index (χ0v) is 17.3. The molecular formula is C21H24N4O2S. The lowest BCUT2D eigenvalue weighted by Gasteiger charge is -2.40. The number of aromatic amines is 1. The Bertz CT molecular complexity index is 1010. The van der Waals surface area contributed by atoms with Crippen molar-refractivity contribution in [1.29, 1.82) is 0 Å². The summed E-state index contributed by atoms with van der Waals surface area (Å²) in [5, 5.41) is 0.854. The standard InChI is InChI=1S/C21H24N4O2S/c1-11(2)28-20-24-18-17(19(27)25-20)15(12-5-7-22-8-6-12)16-13(23-18)9-21(3,4)10-14(16)26/h5-8,11,15-16H,9-10H2,1-4H3,(H,24,25,27). The first kappa shape index (κ1) is 19.1. The van der Waals surface area contributed by atoms with Crippen LogP contribution in [0.5, 0.6) is 0 Å². The fourth-order valence-corrected chi connectivity index (χ4v) is 4.98. The van der Waals surface area contributed by atoms with Crippen LogP contribution in [0.1, 0.15) is 57.6 Å². The highest BCUT2D eigenvalue weighted by Gasteiger charge is 2.47. The van der Waals surface area contributed by atoms with E-state index >= 15 is 0 Å². The third-order valence-corrected chi connectivity index (χ3v) is 6.13. The Hall–Kier alpha value is -2.28. The molecule has 2 aliphatic rings. The van der Waals surface area contributed by atoms with Crippen LogP contribution in [0.4, 0.5) is 5.82 Å². The van der Waals surface area contributed by atoms with Gasteiger partial charge in [0.25, 0.3) is 5.56 Å². The van der Waals surface area contributed by atoms with E-state index in [2.05, 4.69) is 28.8 Å². The van der Waals surface area contributed by atoms with Crippen molar-refractivity contribution in [3.8, 4) is 0 Å². The third-order valence-electron chi connectivity index (χ3n) is 5.24. The molecule has 0 bridgehead atoms.